The number of hydrogen-bond acceptors (Lipinski definition) is 3. The van der Waals surface area contributed by atoms with Gasteiger partial charge in [0.25, 0.3) is 0 Å². The van der Waals surface area contributed by atoms with E-state index in [0.29, 0.717) is 0 Å². The maximum absolute atomic E-state index is 5.81. The van der Waals surface area contributed by atoms with Crippen LogP contribution in [0.5, 0.6) is 0 Å². The van der Waals surface area contributed by atoms with Crippen LogP contribution in [0.15, 0.2) is 18.2 Å². The van der Waals surface area contributed by atoms with Crippen LogP contribution in [0.1, 0.15) is 25.1 Å². The van der Waals surface area contributed by atoms with Crippen molar-refractivity contribution in [2.24, 2.45) is 0 Å². The van der Waals surface area contributed by atoms with Crippen LogP contribution in [0.2, 0.25) is 0 Å². The van der Waals surface area contributed by atoms with Crippen LogP contribution in [0.3, 0.4) is 0 Å². The number of hydrogen-bond donors (Lipinski definition) is 1. The van der Waals surface area contributed by atoms with Gasteiger partial charge in [-0.25, -0.2) is 4.98 Å². The largest absolute Gasteiger partial charge is 0.399 e. The van der Waals surface area contributed by atoms with Gasteiger partial charge in [-0.05, 0) is 45.0 Å². The zero-order valence-electron chi connectivity index (χ0n) is 11.8. The van der Waals surface area contributed by atoms with Crippen LogP contribution >= 0.6 is 0 Å². The number of aromatic nitrogens is 2. The fraction of sp³-hybridized carbons (Fsp3) is 0.533. The molecule has 102 valence electrons. The van der Waals surface area contributed by atoms with E-state index < -0.39 is 0 Å². The van der Waals surface area contributed by atoms with Crippen LogP contribution in [-0.4, -0.2) is 34.1 Å². The number of anilines is 1. The molecule has 2 aromatic rings. The lowest BCUT2D eigenvalue weighted by molar-refractivity contribution is 0.155. The molecule has 4 nitrogen and oxygen atoms in total. The molecule has 2 N–H and O–H groups in total. The predicted molar refractivity (Wildman–Crippen MR) is 79.2 cm³/mol. The van der Waals surface area contributed by atoms with E-state index in [0.717, 1.165) is 36.2 Å². The molecule has 3 rings (SSSR count). The van der Waals surface area contributed by atoms with Gasteiger partial charge in [0, 0.05) is 24.8 Å². The molecule has 1 aliphatic rings. The van der Waals surface area contributed by atoms with E-state index in [1.165, 1.54) is 24.8 Å². The summed E-state index contributed by atoms with van der Waals surface area (Å²) >= 11 is 0. The topological polar surface area (TPSA) is 47.1 Å². The van der Waals surface area contributed by atoms with E-state index in [1.54, 1.807) is 0 Å². The van der Waals surface area contributed by atoms with Crippen LogP contribution in [0.25, 0.3) is 11.0 Å². The number of benzene rings is 1. The second kappa shape index (κ2) is 4.85. The second-order valence-corrected chi connectivity index (χ2v) is 5.62. The summed E-state index contributed by atoms with van der Waals surface area (Å²) < 4.78 is 2.30. The van der Waals surface area contributed by atoms with Crippen LogP contribution < -0.4 is 5.73 Å². The summed E-state index contributed by atoms with van der Waals surface area (Å²) in [6.07, 6.45) is 4.11. The van der Waals surface area contributed by atoms with Crippen molar-refractivity contribution in [2.75, 3.05) is 19.3 Å². The summed E-state index contributed by atoms with van der Waals surface area (Å²) in [6.45, 7) is 4.15. The molecular weight excluding hydrogens is 236 g/mol. The SMILES string of the molecule is Cc1nc2cc(N)ccc2n1CCN(C)C1CCC1. The first kappa shape index (κ1) is 12.5. The van der Waals surface area contributed by atoms with E-state index in [4.69, 9.17) is 5.73 Å². The Morgan fingerprint density at radius 1 is 1.42 bits per heavy atom. The van der Waals surface area contributed by atoms with Gasteiger partial charge in [0.15, 0.2) is 0 Å². The number of aryl methyl sites for hydroxylation is 1. The Kier molecular flexibility index (Phi) is 3.19. The molecule has 1 fully saturated rings. The Bertz CT molecular complexity index is 583. The summed E-state index contributed by atoms with van der Waals surface area (Å²) in [5.41, 5.74) is 8.79. The summed E-state index contributed by atoms with van der Waals surface area (Å²) in [6, 6.07) is 6.78. The first-order chi connectivity index (χ1) is 9.15. The molecule has 0 aliphatic heterocycles. The number of likely N-dealkylation sites (N-methyl/N-ethyl adjacent to an activating group) is 1. The van der Waals surface area contributed by atoms with E-state index in [1.807, 2.05) is 12.1 Å². The summed E-state index contributed by atoms with van der Waals surface area (Å²) in [7, 11) is 2.23. The van der Waals surface area contributed by atoms with Crippen LogP contribution in [0, 0.1) is 6.92 Å². The molecule has 0 saturated heterocycles. The Hall–Kier alpha value is -1.55. The van der Waals surface area contributed by atoms with Gasteiger partial charge in [0.1, 0.15) is 5.82 Å². The minimum atomic E-state index is 0.781. The number of nitrogens with zero attached hydrogens (tertiary/aromatic N) is 3. The monoisotopic (exact) mass is 258 g/mol. The Labute approximate surface area is 114 Å². The lowest BCUT2D eigenvalue weighted by atomic mass is 9.92. The average Bonchev–Trinajstić information content (AvgIpc) is 2.59. The third-order valence-corrected chi connectivity index (χ3v) is 4.34. The standard InChI is InChI=1S/C15H22N4/c1-11-17-14-10-12(16)6-7-15(14)19(11)9-8-18(2)13-4-3-5-13/h6-7,10,13H,3-5,8-9,16H2,1-2H3. The van der Waals surface area contributed by atoms with Gasteiger partial charge in [0.2, 0.25) is 0 Å². The maximum atomic E-state index is 5.81. The first-order valence-electron chi connectivity index (χ1n) is 7.08. The van der Waals surface area contributed by atoms with E-state index >= 15 is 0 Å². The Morgan fingerprint density at radius 3 is 2.89 bits per heavy atom. The summed E-state index contributed by atoms with van der Waals surface area (Å²) in [5, 5.41) is 0. The number of fused-ring (bicyclic) bond motifs is 1. The van der Waals surface area contributed by atoms with Crippen molar-refractivity contribution in [1.29, 1.82) is 0 Å². The van der Waals surface area contributed by atoms with Gasteiger partial charge in [0.05, 0.1) is 11.0 Å². The molecule has 1 aliphatic carbocycles. The highest BCUT2D eigenvalue weighted by Gasteiger charge is 2.21. The number of imidazole rings is 1. The molecule has 1 aromatic heterocycles. The van der Waals surface area contributed by atoms with Crippen molar-refractivity contribution in [1.82, 2.24) is 14.5 Å². The summed E-state index contributed by atoms with van der Waals surface area (Å²) in [5.74, 6) is 1.07. The molecule has 0 spiro atoms. The molecule has 1 aromatic carbocycles. The highest BCUT2D eigenvalue weighted by Crippen LogP contribution is 2.24. The zero-order chi connectivity index (χ0) is 13.4. The van der Waals surface area contributed by atoms with Gasteiger partial charge in [-0.1, -0.05) is 6.42 Å². The number of rotatable bonds is 4. The molecule has 0 amide bonds. The Balaban J connectivity index is 1.78. The Morgan fingerprint density at radius 2 is 2.21 bits per heavy atom. The van der Waals surface area contributed by atoms with Crippen molar-refractivity contribution >= 4 is 16.7 Å². The molecular formula is C15H22N4. The quantitative estimate of drug-likeness (QED) is 0.857. The highest BCUT2D eigenvalue weighted by molar-refractivity contribution is 5.79. The van der Waals surface area contributed by atoms with Crippen molar-refractivity contribution in [2.45, 2.75) is 38.8 Å². The molecule has 19 heavy (non-hydrogen) atoms. The van der Waals surface area contributed by atoms with Gasteiger partial charge in [-0.2, -0.15) is 0 Å². The minimum Gasteiger partial charge on any atom is -0.399 e. The molecule has 1 heterocycles. The fourth-order valence-corrected chi connectivity index (χ4v) is 2.82. The van der Waals surface area contributed by atoms with Gasteiger partial charge in [-0.3, -0.25) is 0 Å². The molecule has 4 heteroatoms. The second-order valence-electron chi connectivity index (χ2n) is 5.62. The minimum absolute atomic E-state index is 0.781. The van der Waals surface area contributed by atoms with Crippen LogP contribution in [-0.2, 0) is 6.54 Å². The maximum Gasteiger partial charge on any atom is 0.106 e. The molecule has 0 bridgehead atoms. The first-order valence-corrected chi connectivity index (χ1v) is 7.08. The molecule has 0 atom stereocenters. The van der Waals surface area contributed by atoms with Crippen molar-refractivity contribution in [3.8, 4) is 0 Å². The van der Waals surface area contributed by atoms with Crippen molar-refractivity contribution in [3.05, 3.63) is 24.0 Å². The zero-order valence-corrected chi connectivity index (χ0v) is 11.8. The molecule has 1 saturated carbocycles. The van der Waals surface area contributed by atoms with Crippen molar-refractivity contribution in [3.63, 3.8) is 0 Å². The van der Waals surface area contributed by atoms with Gasteiger partial charge < -0.3 is 15.2 Å². The van der Waals surface area contributed by atoms with Gasteiger partial charge >= 0.3 is 0 Å². The lowest BCUT2D eigenvalue weighted by Gasteiger charge is -2.34. The van der Waals surface area contributed by atoms with E-state index in [-0.39, 0.29) is 0 Å². The normalized spacial score (nSPS) is 16.2. The average molecular weight is 258 g/mol. The lowest BCUT2D eigenvalue weighted by Crippen LogP contribution is -2.38. The summed E-state index contributed by atoms with van der Waals surface area (Å²) in [4.78, 5) is 7.07. The highest BCUT2D eigenvalue weighted by atomic mass is 15.2. The number of nitrogens with two attached hydrogens (primary N) is 1. The predicted octanol–water partition coefficient (Wildman–Crippen LogP) is 2.41. The third-order valence-electron chi connectivity index (χ3n) is 4.34. The van der Waals surface area contributed by atoms with Gasteiger partial charge in [-0.15, -0.1) is 0 Å². The van der Waals surface area contributed by atoms with Crippen LogP contribution in [0.4, 0.5) is 5.69 Å². The number of nitrogen functional groups attached to an aromatic ring is 1. The van der Waals surface area contributed by atoms with E-state index in [9.17, 15) is 0 Å². The van der Waals surface area contributed by atoms with Crippen molar-refractivity contribution < 1.29 is 0 Å². The smallest absolute Gasteiger partial charge is 0.106 e. The molecule has 0 radical (unpaired) electrons. The third kappa shape index (κ3) is 2.32. The molecule has 0 unspecified atom stereocenters. The fourth-order valence-electron chi connectivity index (χ4n) is 2.82. The van der Waals surface area contributed by atoms with E-state index in [2.05, 4.69) is 34.5 Å².